The lowest BCUT2D eigenvalue weighted by molar-refractivity contribution is -0.217. The Morgan fingerprint density at radius 2 is 2.00 bits per heavy atom. The van der Waals surface area contributed by atoms with Crippen molar-refractivity contribution < 1.29 is 9.47 Å². The zero-order valence-electron chi connectivity index (χ0n) is 11.2. The van der Waals surface area contributed by atoms with E-state index >= 15 is 0 Å². The van der Waals surface area contributed by atoms with Gasteiger partial charge >= 0.3 is 0 Å². The zero-order valence-corrected chi connectivity index (χ0v) is 11.2. The van der Waals surface area contributed by atoms with Crippen molar-refractivity contribution >= 4 is 0 Å². The van der Waals surface area contributed by atoms with Gasteiger partial charge in [0.05, 0.1) is 12.7 Å². The third-order valence-electron chi connectivity index (χ3n) is 3.20. The molecule has 0 aromatic carbocycles. The molecule has 0 amide bonds. The van der Waals surface area contributed by atoms with Crippen LogP contribution in [0.25, 0.3) is 0 Å². The fourth-order valence-electron chi connectivity index (χ4n) is 2.11. The minimum atomic E-state index is 0.0720. The summed E-state index contributed by atoms with van der Waals surface area (Å²) in [7, 11) is 0. The first-order valence-electron chi connectivity index (χ1n) is 6.99. The first-order valence-corrected chi connectivity index (χ1v) is 6.99. The predicted octanol–water partition coefficient (Wildman–Crippen LogP) is 4.13. The van der Waals surface area contributed by atoms with Crippen molar-refractivity contribution in [3.8, 4) is 0 Å². The van der Waals surface area contributed by atoms with Gasteiger partial charge in [-0.2, -0.15) is 0 Å². The van der Waals surface area contributed by atoms with Crippen LogP contribution in [0, 0.1) is 5.92 Å². The van der Waals surface area contributed by atoms with Gasteiger partial charge in [-0.15, -0.1) is 0 Å². The SMILES string of the molecule is CCCCC[C@@H]1CCO[C@@H](CCC(C)C)O1. The van der Waals surface area contributed by atoms with Crippen LogP contribution < -0.4 is 0 Å². The average Bonchev–Trinajstić information content (AvgIpc) is 2.27. The summed E-state index contributed by atoms with van der Waals surface area (Å²) in [5, 5.41) is 0. The number of unbranched alkanes of at least 4 members (excludes halogenated alkanes) is 2. The summed E-state index contributed by atoms with van der Waals surface area (Å²) < 4.78 is 11.6. The van der Waals surface area contributed by atoms with Crippen LogP contribution in [0.4, 0.5) is 0 Å². The van der Waals surface area contributed by atoms with E-state index in [1.54, 1.807) is 0 Å². The molecule has 1 aliphatic rings. The molecule has 0 radical (unpaired) electrons. The van der Waals surface area contributed by atoms with Crippen LogP contribution in [0.15, 0.2) is 0 Å². The smallest absolute Gasteiger partial charge is 0.157 e. The summed E-state index contributed by atoms with van der Waals surface area (Å²) in [6, 6.07) is 0. The first-order chi connectivity index (χ1) is 7.72. The van der Waals surface area contributed by atoms with Crippen LogP contribution in [-0.2, 0) is 9.47 Å². The molecule has 0 unspecified atom stereocenters. The third kappa shape index (κ3) is 5.86. The number of rotatable bonds is 7. The van der Waals surface area contributed by atoms with E-state index in [0.29, 0.717) is 6.10 Å². The summed E-state index contributed by atoms with van der Waals surface area (Å²) in [5.41, 5.74) is 0. The van der Waals surface area contributed by atoms with Crippen LogP contribution in [0.1, 0.15) is 65.7 Å². The molecule has 0 aromatic rings. The fraction of sp³-hybridized carbons (Fsp3) is 1.00. The van der Waals surface area contributed by atoms with Crippen molar-refractivity contribution in [1.29, 1.82) is 0 Å². The molecule has 16 heavy (non-hydrogen) atoms. The van der Waals surface area contributed by atoms with Gasteiger partial charge in [0, 0.05) is 0 Å². The van der Waals surface area contributed by atoms with E-state index in [1.165, 1.54) is 32.1 Å². The average molecular weight is 228 g/mol. The van der Waals surface area contributed by atoms with Gasteiger partial charge in [-0.25, -0.2) is 0 Å². The quantitative estimate of drug-likeness (QED) is 0.610. The lowest BCUT2D eigenvalue weighted by atomic mass is 10.1. The van der Waals surface area contributed by atoms with E-state index in [1.807, 2.05) is 0 Å². The van der Waals surface area contributed by atoms with Crippen LogP contribution >= 0.6 is 0 Å². The van der Waals surface area contributed by atoms with Gasteiger partial charge in [0.1, 0.15) is 0 Å². The van der Waals surface area contributed by atoms with Crippen molar-refractivity contribution in [2.45, 2.75) is 78.1 Å². The van der Waals surface area contributed by atoms with Crippen molar-refractivity contribution in [2.24, 2.45) is 5.92 Å². The Bertz CT molecular complexity index is 168. The van der Waals surface area contributed by atoms with Gasteiger partial charge < -0.3 is 9.47 Å². The first kappa shape index (κ1) is 14.0. The topological polar surface area (TPSA) is 18.5 Å². The standard InChI is InChI=1S/C14H28O2/c1-4-5-6-7-13-10-11-15-14(16-13)9-8-12(2)3/h12-14H,4-11H2,1-3H3/t13-,14-/m1/s1. The molecule has 0 N–H and O–H groups in total. The zero-order chi connectivity index (χ0) is 11.8. The maximum atomic E-state index is 5.96. The Kier molecular flexibility index (Phi) is 7.06. The van der Waals surface area contributed by atoms with Gasteiger partial charge in [-0.3, -0.25) is 0 Å². The Labute approximate surface area is 101 Å². The Morgan fingerprint density at radius 3 is 2.69 bits per heavy atom. The second-order valence-electron chi connectivity index (χ2n) is 5.31. The number of ether oxygens (including phenoxy) is 2. The van der Waals surface area contributed by atoms with Crippen LogP contribution in [0.2, 0.25) is 0 Å². The van der Waals surface area contributed by atoms with Gasteiger partial charge in [0.2, 0.25) is 0 Å². The molecule has 0 spiro atoms. The summed E-state index contributed by atoms with van der Waals surface area (Å²) in [6.07, 6.45) is 9.02. The third-order valence-corrected chi connectivity index (χ3v) is 3.20. The van der Waals surface area contributed by atoms with E-state index in [4.69, 9.17) is 9.47 Å². The maximum Gasteiger partial charge on any atom is 0.157 e. The van der Waals surface area contributed by atoms with Crippen molar-refractivity contribution in [3.63, 3.8) is 0 Å². The summed E-state index contributed by atoms with van der Waals surface area (Å²) in [5.74, 6) is 0.743. The Hall–Kier alpha value is -0.0800. The minimum Gasteiger partial charge on any atom is -0.353 e. The molecule has 1 aliphatic heterocycles. The summed E-state index contributed by atoms with van der Waals surface area (Å²) >= 11 is 0. The van der Waals surface area contributed by atoms with E-state index < -0.39 is 0 Å². The number of hydrogen-bond acceptors (Lipinski definition) is 2. The molecule has 2 atom stereocenters. The van der Waals surface area contributed by atoms with E-state index in [9.17, 15) is 0 Å². The largest absolute Gasteiger partial charge is 0.353 e. The van der Waals surface area contributed by atoms with Gasteiger partial charge in [-0.1, -0.05) is 40.0 Å². The molecule has 0 bridgehead atoms. The number of hydrogen-bond donors (Lipinski definition) is 0. The monoisotopic (exact) mass is 228 g/mol. The van der Waals surface area contributed by atoms with E-state index in [-0.39, 0.29) is 6.29 Å². The molecule has 0 aromatic heterocycles. The Balaban J connectivity index is 2.14. The summed E-state index contributed by atoms with van der Waals surface area (Å²) in [4.78, 5) is 0. The molecule has 2 heteroatoms. The summed E-state index contributed by atoms with van der Waals surface area (Å²) in [6.45, 7) is 7.64. The van der Waals surface area contributed by atoms with Crippen LogP contribution in [-0.4, -0.2) is 19.0 Å². The molecule has 0 saturated carbocycles. The fourth-order valence-corrected chi connectivity index (χ4v) is 2.11. The highest BCUT2D eigenvalue weighted by Crippen LogP contribution is 2.21. The van der Waals surface area contributed by atoms with Crippen molar-refractivity contribution in [3.05, 3.63) is 0 Å². The molecule has 1 fully saturated rings. The lowest BCUT2D eigenvalue weighted by Crippen LogP contribution is -2.32. The van der Waals surface area contributed by atoms with Crippen LogP contribution in [0.3, 0.4) is 0 Å². The maximum absolute atomic E-state index is 5.96. The molecule has 2 nitrogen and oxygen atoms in total. The van der Waals surface area contributed by atoms with Crippen LogP contribution in [0.5, 0.6) is 0 Å². The molecule has 0 aliphatic carbocycles. The second-order valence-corrected chi connectivity index (χ2v) is 5.31. The Morgan fingerprint density at radius 1 is 1.19 bits per heavy atom. The highest BCUT2D eigenvalue weighted by Gasteiger charge is 2.22. The molecule has 1 saturated heterocycles. The van der Waals surface area contributed by atoms with Crippen molar-refractivity contribution in [2.75, 3.05) is 6.61 Å². The molecular formula is C14H28O2. The highest BCUT2D eigenvalue weighted by molar-refractivity contribution is 4.65. The lowest BCUT2D eigenvalue weighted by Gasteiger charge is -2.30. The van der Waals surface area contributed by atoms with Gasteiger partial charge in [-0.05, 0) is 31.6 Å². The van der Waals surface area contributed by atoms with Gasteiger partial charge in [0.15, 0.2) is 6.29 Å². The predicted molar refractivity (Wildman–Crippen MR) is 67.4 cm³/mol. The van der Waals surface area contributed by atoms with Gasteiger partial charge in [0.25, 0.3) is 0 Å². The normalized spacial score (nSPS) is 26.2. The highest BCUT2D eigenvalue weighted by atomic mass is 16.7. The van der Waals surface area contributed by atoms with E-state index in [0.717, 1.165) is 25.4 Å². The van der Waals surface area contributed by atoms with E-state index in [2.05, 4.69) is 20.8 Å². The molecular weight excluding hydrogens is 200 g/mol. The molecule has 96 valence electrons. The minimum absolute atomic E-state index is 0.0720. The second kappa shape index (κ2) is 8.08. The molecule has 1 heterocycles. The molecule has 1 rings (SSSR count). The van der Waals surface area contributed by atoms with Crippen molar-refractivity contribution in [1.82, 2.24) is 0 Å².